The van der Waals surface area contributed by atoms with Crippen LogP contribution in [0.15, 0.2) is 4.99 Å². The smallest absolute Gasteiger partial charge is 0.191 e. The van der Waals surface area contributed by atoms with E-state index in [-0.39, 0.29) is 24.0 Å². The number of nitrogens with one attached hydrogen (secondary N) is 2. The first-order valence-electron chi connectivity index (χ1n) is 9.01. The maximum Gasteiger partial charge on any atom is 0.191 e. The SMILES string of the molecule is CCN(CCNC(=NC)NCCCOCC1CCOC1)C(C)C.I. The summed E-state index contributed by atoms with van der Waals surface area (Å²) in [5, 5.41) is 6.70. The van der Waals surface area contributed by atoms with Crippen molar-refractivity contribution in [2.24, 2.45) is 10.9 Å². The van der Waals surface area contributed by atoms with E-state index in [0.29, 0.717) is 12.0 Å². The van der Waals surface area contributed by atoms with Crippen molar-refractivity contribution in [3.8, 4) is 0 Å². The van der Waals surface area contributed by atoms with Gasteiger partial charge in [-0.05, 0) is 33.2 Å². The Morgan fingerprint density at radius 3 is 2.67 bits per heavy atom. The molecule has 0 aromatic heterocycles. The Bertz CT molecular complexity index is 324. The van der Waals surface area contributed by atoms with Crippen molar-refractivity contribution in [2.45, 2.75) is 39.7 Å². The molecule has 0 aromatic rings. The van der Waals surface area contributed by atoms with Gasteiger partial charge >= 0.3 is 0 Å². The molecule has 144 valence electrons. The molecule has 1 aliphatic rings. The zero-order chi connectivity index (χ0) is 16.9. The first-order valence-corrected chi connectivity index (χ1v) is 9.01. The van der Waals surface area contributed by atoms with Crippen LogP contribution in [0.5, 0.6) is 0 Å². The van der Waals surface area contributed by atoms with E-state index in [0.717, 1.165) is 71.4 Å². The lowest BCUT2D eigenvalue weighted by Crippen LogP contribution is -2.43. The monoisotopic (exact) mass is 456 g/mol. The van der Waals surface area contributed by atoms with E-state index in [4.69, 9.17) is 9.47 Å². The predicted molar refractivity (Wildman–Crippen MR) is 112 cm³/mol. The summed E-state index contributed by atoms with van der Waals surface area (Å²) in [6.07, 6.45) is 2.13. The molecule has 0 aliphatic carbocycles. The number of likely N-dealkylation sites (N-methyl/N-ethyl adjacent to an activating group) is 1. The molecular formula is C17H37IN4O2. The van der Waals surface area contributed by atoms with Gasteiger partial charge < -0.3 is 20.1 Å². The molecule has 24 heavy (non-hydrogen) atoms. The number of hydrogen-bond acceptors (Lipinski definition) is 4. The van der Waals surface area contributed by atoms with E-state index in [1.807, 2.05) is 7.05 Å². The summed E-state index contributed by atoms with van der Waals surface area (Å²) in [4.78, 5) is 6.69. The van der Waals surface area contributed by atoms with Gasteiger partial charge in [-0.1, -0.05) is 6.92 Å². The second kappa shape index (κ2) is 15.2. The number of ether oxygens (including phenoxy) is 2. The molecule has 0 bridgehead atoms. The maximum absolute atomic E-state index is 5.70. The summed E-state index contributed by atoms with van der Waals surface area (Å²) in [5.74, 6) is 1.47. The molecule has 0 spiro atoms. The Kier molecular flexibility index (Phi) is 15.1. The Labute approximate surface area is 165 Å². The molecular weight excluding hydrogens is 419 g/mol. The molecule has 0 amide bonds. The lowest BCUT2D eigenvalue weighted by Gasteiger charge is -2.25. The fourth-order valence-electron chi connectivity index (χ4n) is 2.67. The molecule has 1 fully saturated rings. The molecule has 0 aromatic carbocycles. The molecule has 1 heterocycles. The number of guanidine groups is 1. The van der Waals surface area contributed by atoms with E-state index in [2.05, 4.69) is 41.3 Å². The fraction of sp³-hybridized carbons (Fsp3) is 0.941. The number of aliphatic imine (C=N–C) groups is 1. The van der Waals surface area contributed by atoms with Gasteiger partial charge in [-0.15, -0.1) is 24.0 Å². The number of hydrogen-bond donors (Lipinski definition) is 2. The van der Waals surface area contributed by atoms with E-state index in [1.54, 1.807) is 0 Å². The zero-order valence-corrected chi connectivity index (χ0v) is 18.2. The molecule has 1 aliphatic heterocycles. The van der Waals surface area contributed by atoms with Crippen molar-refractivity contribution < 1.29 is 9.47 Å². The lowest BCUT2D eigenvalue weighted by atomic mass is 10.1. The van der Waals surface area contributed by atoms with Crippen LogP contribution < -0.4 is 10.6 Å². The summed E-state index contributed by atoms with van der Waals surface area (Å²) in [7, 11) is 1.81. The van der Waals surface area contributed by atoms with Crippen molar-refractivity contribution >= 4 is 29.9 Å². The van der Waals surface area contributed by atoms with Gasteiger partial charge in [0.2, 0.25) is 0 Å². The van der Waals surface area contributed by atoms with Gasteiger partial charge in [0.05, 0.1) is 13.2 Å². The van der Waals surface area contributed by atoms with Crippen LogP contribution in [0.25, 0.3) is 0 Å². The van der Waals surface area contributed by atoms with Gasteiger partial charge in [-0.3, -0.25) is 9.89 Å². The minimum absolute atomic E-state index is 0. The number of halogens is 1. The molecule has 6 nitrogen and oxygen atoms in total. The van der Waals surface area contributed by atoms with Crippen LogP contribution in [0, 0.1) is 5.92 Å². The van der Waals surface area contributed by atoms with Crippen LogP contribution >= 0.6 is 24.0 Å². The topological polar surface area (TPSA) is 58.1 Å². The first-order chi connectivity index (χ1) is 11.2. The highest BCUT2D eigenvalue weighted by Gasteiger charge is 2.15. The van der Waals surface area contributed by atoms with Gasteiger partial charge in [0.1, 0.15) is 0 Å². The normalized spacial score (nSPS) is 18.1. The van der Waals surface area contributed by atoms with Crippen molar-refractivity contribution in [3.05, 3.63) is 0 Å². The largest absolute Gasteiger partial charge is 0.381 e. The van der Waals surface area contributed by atoms with E-state index in [1.165, 1.54) is 0 Å². The average Bonchev–Trinajstić information content (AvgIpc) is 3.05. The predicted octanol–water partition coefficient (Wildman–Crippen LogP) is 1.94. The first kappa shape index (κ1) is 23.9. The van der Waals surface area contributed by atoms with Gasteiger partial charge in [0.15, 0.2) is 5.96 Å². The third-order valence-corrected chi connectivity index (χ3v) is 4.19. The molecule has 1 unspecified atom stereocenters. The minimum Gasteiger partial charge on any atom is -0.381 e. The van der Waals surface area contributed by atoms with Crippen molar-refractivity contribution in [2.75, 3.05) is 59.7 Å². The molecule has 0 radical (unpaired) electrons. The Morgan fingerprint density at radius 1 is 1.33 bits per heavy atom. The van der Waals surface area contributed by atoms with Gasteiger partial charge in [-0.2, -0.15) is 0 Å². The molecule has 1 atom stereocenters. The van der Waals surface area contributed by atoms with E-state index >= 15 is 0 Å². The van der Waals surface area contributed by atoms with Crippen molar-refractivity contribution in [3.63, 3.8) is 0 Å². The Balaban J connectivity index is 0.00000529. The summed E-state index contributed by atoms with van der Waals surface area (Å²) in [6, 6.07) is 0.583. The van der Waals surface area contributed by atoms with E-state index < -0.39 is 0 Å². The molecule has 1 saturated heterocycles. The fourth-order valence-corrected chi connectivity index (χ4v) is 2.67. The number of rotatable bonds is 11. The second-order valence-electron chi connectivity index (χ2n) is 6.31. The minimum atomic E-state index is 0. The standard InChI is InChI=1S/C17H36N4O2.HI/c1-5-21(15(2)3)10-9-20-17(18-4)19-8-6-11-22-13-16-7-12-23-14-16;/h15-16H,5-14H2,1-4H3,(H2,18,19,20);1H. The highest BCUT2D eigenvalue weighted by atomic mass is 127. The second-order valence-corrected chi connectivity index (χ2v) is 6.31. The molecule has 1 rings (SSSR count). The van der Waals surface area contributed by atoms with Crippen LogP contribution in [0.4, 0.5) is 0 Å². The summed E-state index contributed by atoms with van der Waals surface area (Å²) < 4.78 is 11.0. The molecule has 7 heteroatoms. The highest BCUT2D eigenvalue weighted by molar-refractivity contribution is 14.0. The van der Waals surface area contributed by atoms with E-state index in [9.17, 15) is 0 Å². The van der Waals surface area contributed by atoms with Crippen LogP contribution in [0.2, 0.25) is 0 Å². The zero-order valence-electron chi connectivity index (χ0n) is 15.8. The third-order valence-electron chi connectivity index (χ3n) is 4.19. The maximum atomic E-state index is 5.70. The summed E-state index contributed by atoms with van der Waals surface area (Å²) in [5.41, 5.74) is 0. The van der Waals surface area contributed by atoms with Crippen molar-refractivity contribution in [1.29, 1.82) is 0 Å². The molecule has 2 N–H and O–H groups in total. The molecule has 0 saturated carbocycles. The number of nitrogens with zero attached hydrogens (tertiary/aromatic N) is 2. The quantitative estimate of drug-likeness (QED) is 0.216. The summed E-state index contributed by atoms with van der Waals surface area (Å²) >= 11 is 0. The average molecular weight is 456 g/mol. The lowest BCUT2D eigenvalue weighted by molar-refractivity contribution is 0.0888. The van der Waals surface area contributed by atoms with Crippen LogP contribution in [0.3, 0.4) is 0 Å². The van der Waals surface area contributed by atoms with Gasteiger partial charge in [-0.25, -0.2) is 0 Å². The Hall–Kier alpha value is -0.120. The van der Waals surface area contributed by atoms with Crippen molar-refractivity contribution in [1.82, 2.24) is 15.5 Å². The van der Waals surface area contributed by atoms with Crippen LogP contribution in [-0.2, 0) is 9.47 Å². The summed E-state index contributed by atoms with van der Waals surface area (Å²) in [6.45, 7) is 13.9. The third kappa shape index (κ3) is 10.7. The van der Waals surface area contributed by atoms with Crippen LogP contribution in [-0.4, -0.2) is 76.6 Å². The highest BCUT2D eigenvalue weighted by Crippen LogP contribution is 2.12. The van der Waals surface area contributed by atoms with Crippen LogP contribution in [0.1, 0.15) is 33.6 Å². The van der Waals surface area contributed by atoms with Gasteiger partial charge in [0, 0.05) is 51.9 Å². The Morgan fingerprint density at radius 2 is 2.08 bits per heavy atom. The van der Waals surface area contributed by atoms with Gasteiger partial charge in [0.25, 0.3) is 0 Å².